The van der Waals surface area contributed by atoms with E-state index < -0.39 is 17.8 Å². The molecular formula is C14H10FIN2O3. The minimum absolute atomic E-state index is 0.0204. The molecule has 2 rings (SSSR count). The molecule has 2 aromatic rings. The van der Waals surface area contributed by atoms with Crippen molar-refractivity contribution in [3.05, 3.63) is 57.4 Å². The smallest absolute Gasteiger partial charge is 0.337 e. The van der Waals surface area contributed by atoms with E-state index in [0.717, 1.165) is 15.7 Å². The number of halogens is 2. The Bertz CT molecular complexity index is 706. The second-order valence-corrected chi connectivity index (χ2v) is 5.33. The van der Waals surface area contributed by atoms with Crippen LogP contribution in [0.4, 0.5) is 20.6 Å². The van der Waals surface area contributed by atoms with Gasteiger partial charge in [-0.05, 0) is 59.0 Å². The number of benzene rings is 2. The molecule has 0 fully saturated rings. The van der Waals surface area contributed by atoms with Gasteiger partial charge in [-0.15, -0.1) is 0 Å². The molecule has 0 aliphatic heterocycles. The highest BCUT2D eigenvalue weighted by Gasteiger charge is 2.13. The van der Waals surface area contributed by atoms with E-state index in [4.69, 9.17) is 5.11 Å². The summed E-state index contributed by atoms with van der Waals surface area (Å²) >= 11 is 2.10. The van der Waals surface area contributed by atoms with Crippen molar-refractivity contribution in [1.29, 1.82) is 0 Å². The lowest BCUT2D eigenvalue weighted by molar-refractivity contribution is 0.0697. The van der Waals surface area contributed by atoms with E-state index in [1.807, 2.05) is 6.07 Å². The topological polar surface area (TPSA) is 78.4 Å². The van der Waals surface area contributed by atoms with Gasteiger partial charge in [0.2, 0.25) is 0 Å². The minimum Gasteiger partial charge on any atom is -0.478 e. The molecule has 5 nitrogen and oxygen atoms in total. The number of anilines is 2. The summed E-state index contributed by atoms with van der Waals surface area (Å²) in [6.45, 7) is 0. The summed E-state index contributed by atoms with van der Waals surface area (Å²) in [5.74, 6) is -2.00. The SMILES string of the molecule is O=C(Nc1cccc(I)c1)Nc1ccc(F)cc1C(=O)O. The first-order valence-corrected chi connectivity index (χ1v) is 6.90. The fourth-order valence-electron chi connectivity index (χ4n) is 1.65. The van der Waals surface area contributed by atoms with Gasteiger partial charge in [-0.2, -0.15) is 0 Å². The van der Waals surface area contributed by atoms with Crippen molar-refractivity contribution in [2.24, 2.45) is 0 Å². The molecule has 21 heavy (non-hydrogen) atoms. The van der Waals surface area contributed by atoms with E-state index in [9.17, 15) is 14.0 Å². The summed E-state index contributed by atoms with van der Waals surface area (Å²) in [5, 5.41) is 13.9. The van der Waals surface area contributed by atoms with Gasteiger partial charge in [0, 0.05) is 9.26 Å². The van der Waals surface area contributed by atoms with Crippen molar-refractivity contribution < 1.29 is 19.1 Å². The molecule has 0 spiro atoms. The van der Waals surface area contributed by atoms with Crippen molar-refractivity contribution in [1.82, 2.24) is 0 Å². The number of carboxylic acids is 1. The van der Waals surface area contributed by atoms with Crippen molar-refractivity contribution in [3.8, 4) is 0 Å². The van der Waals surface area contributed by atoms with Crippen LogP contribution >= 0.6 is 22.6 Å². The highest BCUT2D eigenvalue weighted by atomic mass is 127. The molecule has 0 bridgehead atoms. The van der Waals surface area contributed by atoms with Crippen LogP contribution in [0, 0.1) is 9.39 Å². The molecular weight excluding hydrogens is 390 g/mol. The maximum Gasteiger partial charge on any atom is 0.337 e. The predicted molar refractivity (Wildman–Crippen MR) is 85.2 cm³/mol. The van der Waals surface area contributed by atoms with E-state index in [-0.39, 0.29) is 11.3 Å². The van der Waals surface area contributed by atoms with Crippen LogP contribution in [-0.2, 0) is 0 Å². The Morgan fingerprint density at radius 1 is 1.10 bits per heavy atom. The van der Waals surface area contributed by atoms with Crippen LogP contribution < -0.4 is 10.6 Å². The fourth-order valence-corrected chi connectivity index (χ4v) is 2.20. The third-order valence-electron chi connectivity index (χ3n) is 2.54. The first-order valence-electron chi connectivity index (χ1n) is 5.82. The molecule has 0 atom stereocenters. The number of urea groups is 1. The van der Waals surface area contributed by atoms with E-state index in [0.29, 0.717) is 5.69 Å². The largest absolute Gasteiger partial charge is 0.478 e. The molecule has 2 aromatic carbocycles. The lowest BCUT2D eigenvalue weighted by Gasteiger charge is -2.10. The predicted octanol–water partition coefficient (Wildman–Crippen LogP) is 3.77. The standard InChI is InChI=1S/C14H10FIN2O3/c15-8-4-5-12(11(6-8)13(19)20)18-14(21)17-10-3-1-2-9(16)7-10/h1-7H,(H,19,20)(H2,17,18,21). The van der Waals surface area contributed by atoms with E-state index in [1.165, 1.54) is 6.07 Å². The second kappa shape index (κ2) is 6.53. The monoisotopic (exact) mass is 400 g/mol. The molecule has 0 saturated carbocycles. The normalized spacial score (nSPS) is 10.0. The Balaban J connectivity index is 2.15. The third kappa shape index (κ3) is 4.15. The summed E-state index contributed by atoms with van der Waals surface area (Å²) in [6, 6.07) is 9.62. The number of hydrogen-bond acceptors (Lipinski definition) is 2. The lowest BCUT2D eigenvalue weighted by atomic mass is 10.2. The van der Waals surface area contributed by atoms with Crippen molar-refractivity contribution in [2.45, 2.75) is 0 Å². The number of aromatic carboxylic acids is 1. The summed E-state index contributed by atoms with van der Waals surface area (Å²) < 4.78 is 14.0. The first kappa shape index (κ1) is 15.2. The first-order chi connectivity index (χ1) is 9.95. The number of carbonyl (C=O) groups excluding carboxylic acids is 1. The van der Waals surface area contributed by atoms with E-state index in [1.54, 1.807) is 18.2 Å². The van der Waals surface area contributed by atoms with Crippen LogP contribution in [0.15, 0.2) is 42.5 Å². The van der Waals surface area contributed by atoms with Crippen LogP contribution in [-0.4, -0.2) is 17.1 Å². The molecule has 0 heterocycles. The van der Waals surface area contributed by atoms with Crippen LogP contribution in [0.3, 0.4) is 0 Å². The van der Waals surface area contributed by atoms with E-state index >= 15 is 0 Å². The lowest BCUT2D eigenvalue weighted by Crippen LogP contribution is -2.21. The Morgan fingerprint density at radius 2 is 1.86 bits per heavy atom. The number of carboxylic acid groups (broad SMARTS) is 1. The number of carbonyl (C=O) groups is 2. The van der Waals surface area contributed by atoms with Crippen LogP contribution in [0.5, 0.6) is 0 Å². The van der Waals surface area contributed by atoms with Crippen molar-refractivity contribution >= 4 is 46.0 Å². The molecule has 3 N–H and O–H groups in total. The fraction of sp³-hybridized carbons (Fsp3) is 0. The molecule has 0 saturated heterocycles. The van der Waals surface area contributed by atoms with Crippen LogP contribution in [0.2, 0.25) is 0 Å². The summed E-state index contributed by atoms with van der Waals surface area (Å²) in [7, 11) is 0. The molecule has 0 aliphatic carbocycles. The molecule has 0 radical (unpaired) electrons. The summed E-state index contributed by atoms with van der Waals surface area (Å²) in [6.07, 6.45) is 0. The molecule has 2 amide bonds. The van der Waals surface area contributed by atoms with Gasteiger partial charge >= 0.3 is 12.0 Å². The van der Waals surface area contributed by atoms with Crippen molar-refractivity contribution in [3.63, 3.8) is 0 Å². The third-order valence-corrected chi connectivity index (χ3v) is 3.21. The van der Waals surface area contributed by atoms with Crippen LogP contribution in [0.1, 0.15) is 10.4 Å². The minimum atomic E-state index is -1.32. The van der Waals surface area contributed by atoms with Gasteiger partial charge in [0.05, 0.1) is 11.3 Å². The maximum absolute atomic E-state index is 13.0. The number of amides is 2. The van der Waals surface area contributed by atoms with Crippen LogP contribution in [0.25, 0.3) is 0 Å². The van der Waals surface area contributed by atoms with Gasteiger partial charge in [0.1, 0.15) is 5.82 Å². The van der Waals surface area contributed by atoms with Gasteiger partial charge < -0.3 is 15.7 Å². The van der Waals surface area contributed by atoms with Crippen molar-refractivity contribution in [2.75, 3.05) is 10.6 Å². The molecule has 7 heteroatoms. The molecule has 108 valence electrons. The number of hydrogen-bond donors (Lipinski definition) is 3. The zero-order valence-corrected chi connectivity index (χ0v) is 12.7. The van der Waals surface area contributed by atoms with E-state index in [2.05, 4.69) is 33.2 Å². The molecule has 0 aromatic heterocycles. The quantitative estimate of drug-likeness (QED) is 0.687. The zero-order chi connectivity index (χ0) is 15.4. The Morgan fingerprint density at radius 3 is 2.52 bits per heavy atom. The summed E-state index contributed by atoms with van der Waals surface area (Å²) in [4.78, 5) is 22.9. The number of nitrogens with one attached hydrogen (secondary N) is 2. The Labute approximate surface area is 133 Å². The highest BCUT2D eigenvalue weighted by Crippen LogP contribution is 2.18. The second-order valence-electron chi connectivity index (χ2n) is 4.08. The maximum atomic E-state index is 13.0. The Kier molecular flexibility index (Phi) is 4.73. The highest BCUT2D eigenvalue weighted by molar-refractivity contribution is 14.1. The average molecular weight is 400 g/mol. The van der Waals surface area contributed by atoms with Gasteiger partial charge in [-0.3, -0.25) is 0 Å². The van der Waals surface area contributed by atoms with Gasteiger partial charge in [-0.1, -0.05) is 6.07 Å². The molecule has 0 aliphatic rings. The van der Waals surface area contributed by atoms with Gasteiger partial charge in [0.25, 0.3) is 0 Å². The zero-order valence-electron chi connectivity index (χ0n) is 10.6. The van der Waals surface area contributed by atoms with Gasteiger partial charge in [0.15, 0.2) is 0 Å². The average Bonchev–Trinajstić information content (AvgIpc) is 2.40. The summed E-state index contributed by atoms with van der Waals surface area (Å²) in [5.41, 5.74) is 0.276. The Hall–Kier alpha value is -2.16. The van der Waals surface area contributed by atoms with Gasteiger partial charge in [-0.25, -0.2) is 14.0 Å². The molecule has 0 unspecified atom stereocenters. The number of rotatable bonds is 3.